The maximum absolute atomic E-state index is 11.6. The summed E-state index contributed by atoms with van der Waals surface area (Å²) < 4.78 is 9.43. The highest BCUT2D eigenvalue weighted by molar-refractivity contribution is 5.94. The second-order valence-corrected chi connectivity index (χ2v) is 5.63. The zero-order valence-electron chi connectivity index (χ0n) is 14.5. The Balaban J connectivity index is 1.95. The van der Waals surface area contributed by atoms with Crippen molar-refractivity contribution in [1.29, 1.82) is 0 Å². The second kappa shape index (κ2) is 7.65. The number of para-hydroxylation sites is 1. The van der Waals surface area contributed by atoms with Gasteiger partial charge in [-0.3, -0.25) is 9.78 Å². The molecule has 0 amide bonds. The van der Waals surface area contributed by atoms with Crippen LogP contribution in [0.5, 0.6) is 0 Å². The van der Waals surface area contributed by atoms with Gasteiger partial charge in [0.25, 0.3) is 0 Å². The number of carbonyl (C=O) groups excluding carboxylic acids is 2. The summed E-state index contributed by atoms with van der Waals surface area (Å²) >= 11 is 0. The highest BCUT2D eigenvalue weighted by Crippen LogP contribution is 2.27. The van der Waals surface area contributed by atoms with Gasteiger partial charge in [-0.2, -0.15) is 0 Å². The lowest BCUT2D eigenvalue weighted by Gasteiger charge is -2.12. The van der Waals surface area contributed by atoms with E-state index in [1.807, 2.05) is 30.3 Å². The first kappa shape index (κ1) is 17.4. The Morgan fingerprint density at radius 1 is 1.00 bits per heavy atom. The third kappa shape index (κ3) is 3.80. The first-order valence-electron chi connectivity index (χ1n) is 8.01. The fraction of sp³-hybridized carbons (Fsp3) is 0.150. The van der Waals surface area contributed by atoms with Crippen LogP contribution in [0.4, 0.5) is 11.4 Å². The maximum Gasteiger partial charge on any atom is 0.337 e. The van der Waals surface area contributed by atoms with E-state index < -0.39 is 0 Å². The number of nitrogens with one attached hydrogen (secondary N) is 1. The average Bonchev–Trinajstić information content (AvgIpc) is 2.68. The van der Waals surface area contributed by atoms with Crippen molar-refractivity contribution in [2.45, 2.75) is 6.42 Å². The Bertz CT molecular complexity index is 952. The first-order valence-corrected chi connectivity index (χ1v) is 8.01. The molecular formula is C20H18N2O4. The summed E-state index contributed by atoms with van der Waals surface area (Å²) in [6.07, 6.45) is 0.0945. The Morgan fingerprint density at radius 2 is 1.73 bits per heavy atom. The van der Waals surface area contributed by atoms with E-state index in [9.17, 15) is 9.59 Å². The maximum atomic E-state index is 11.6. The molecule has 132 valence electrons. The Hall–Kier alpha value is -3.41. The summed E-state index contributed by atoms with van der Waals surface area (Å²) in [5.41, 5.74) is 3.49. The highest BCUT2D eigenvalue weighted by Gasteiger charge is 2.10. The van der Waals surface area contributed by atoms with Crippen molar-refractivity contribution in [3.05, 3.63) is 65.9 Å². The molecule has 0 saturated heterocycles. The monoisotopic (exact) mass is 350 g/mol. The number of benzene rings is 2. The summed E-state index contributed by atoms with van der Waals surface area (Å²) in [4.78, 5) is 27.6. The number of anilines is 2. The number of fused-ring (bicyclic) bond motifs is 1. The van der Waals surface area contributed by atoms with E-state index in [0.717, 1.165) is 22.3 Å². The van der Waals surface area contributed by atoms with Gasteiger partial charge in [0.2, 0.25) is 0 Å². The van der Waals surface area contributed by atoms with E-state index in [4.69, 9.17) is 9.47 Å². The van der Waals surface area contributed by atoms with E-state index in [-0.39, 0.29) is 18.4 Å². The topological polar surface area (TPSA) is 77.5 Å². The van der Waals surface area contributed by atoms with Gasteiger partial charge < -0.3 is 14.8 Å². The molecule has 0 atom stereocenters. The van der Waals surface area contributed by atoms with Crippen LogP contribution < -0.4 is 5.32 Å². The Labute approximate surface area is 150 Å². The zero-order chi connectivity index (χ0) is 18.5. The third-order valence-corrected chi connectivity index (χ3v) is 3.91. The van der Waals surface area contributed by atoms with E-state index in [1.165, 1.54) is 14.2 Å². The molecule has 1 heterocycles. The number of rotatable bonds is 5. The molecule has 0 unspecified atom stereocenters. The number of aromatic nitrogens is 1. The Kier molecular flexibility index (Phi) is 5.12. The standard InChI is InChI=1S/C20H18N2O4/c1-25-19(23)12-15-11-18(16-5-3-4-6-17(16)22-15)21-14-9-7-13(8-10-14)20(24)26-2/h3-11H,12H2,1-2H3,(H,21,22). The summed E-state index contributed by atoms with van der Waals surface area (Å²) in [7, 11) is 2.70. The largest absolute Gasteiger partial charge is 0.469 e. The van der Waals surface area contributed by atoms with Crippen molar-refractivity contribution in [2.24, 2.45) is 0 Å². The van der Waals surface area contributed by atoms with Gasteiger partial charge in [-0.05, 0) is 36.4 Å². The van der Waals surface area contributed by atoms with Crippen LogP contribution in [0.1, 0.15) is 16.1 Å². The lowest BCUT2D eigenvalue weighted by molar-refractivity contribution is -0.139. The van der Waals surface area contributed by atoms with Gasteiger partial charge in [0.05, 0.1) is 37.4 Å². The number of hydrogen-bond donors (Lipinski definition) is 1. The number of hydrogen-bond acceptors (Lipinski definition) is 6. The lowest BCUT2D eigenvalue weighted by atomic mass is 10.1. The normalized spacial score (nSPS) is 10.4. The molecule has 0 saturated carbocycles. The number of nitrogens with zero attached hydrogens (tertiary/aromatic N) is 1. The fourth-order valence-corrected chi connectivity index (χ4v) is 2.61. The minimum Gasteiger partial charge on any atom is -0.469 e. The van der Waals surface area contributed by atoms with Crippen LogP contribution in [0, 0.1) is 0 Å². The number of pyridine rings is 1. The summed E-state index contributed by atoms with van der Waals surface area (Å²) in [6, 6.07) is 16.5. The van der Waals surface area contributed by atoms with Gasteiger partial charge in [0.15, 0.2) is 0 Å². The molecule has 26 heavy (non-hydrogen) atoms. The smallest absolute Gasteiger partial charge is 0.337 e. The van der Waals surface area contributed by atoms with Crippen molar-refractivity contribution < 1.29 is 19.1 Å². The molecule has 0 aliphatic rings. The van der Waals surface area contributed by atoms with Gasteiger partial charge >= 0.3 is 11.9 Å². The molecule has 2 aromatic carbocycles. The number of esters is 2. The fourth-order valence-electron chi connectivity index (χ4n) is 2.61. The molecule has 3 rings (SSSR count). The highest BCUT2D eigenvalue weighted by atomic mass is 16.5. The molecule has 0 aliphatic carbocycles. The van der Waals surface area contributed by atoms with Crippen molar-refractivity contribution in [1.82, 2.24) is 4.98 Å². The molecule has 0 fully saturated rings. The number of methoxy groups -OCH3 is 2. The molecular weight excluding hydrogens is 332 g/mol. The SMILES string of the molecule is COC(=O)Cc1cc(Nc2ccc(C(=O)OC)cc2)c2ccccc2n1. The zero-order valence-corrected chi connectivity index (χ0v) is 14.5. The quantitative estimate of drug-likeness (QED) is 0.710. The van der Waals surface area contributed by atoms with Gasteiger partial charge in [-0.15, -0.1) is 0 Å². The minimum atomic E-state index is -0.383. The summed E-state index contributed by atoms with van der Waals surface area (Å²) in [5, 5.41) is 4.25. The Morgan fingerprint density at radius 3 is 2.42 bits per heavy atom. The molecule has 0 radical (unpaired) electrons. The van der Waals surface area contributed by atoms with E-state index >= 15 is 0 Å². The number of ether oxygens (including phenoxy) is 2. The van der Waals surface area contributed by atoms with Crippen LogP contribution >= 0.6 is 0 Å². The van der Waals surface area contributed by atoms with Crippen LogP contribution in [0.2, 0.25) is 0 Å². The van der Waals surface area contributed by atoms with Crippen molar-refractivity contribution in [3.63, 3.8) is 0 Å². The third-order valence-electron chi connectivity index (χ3n) is 3.91. The van der Waals surface area contributed by atoms with E-state index in [1.54, 1.807) is 24.3 Å². The van der Waals surface area contributed by atoms with E-state index in [0.29, 0.717) is 11.3 Å². The minimum absolute atomic E-state index is 0.0945. The van der Waals surface area contributed by atoms with Crippen molar-refractivity contribution in [2.75, 3.05) is 19.5 Å². The van der Waals surface area contributed by atoms with Crippen molar-refractivity contribution in [3.8, 4) is 0 Å². The van der Waals surface area contributed by atoms with E-state index in [2.05, 4.69) is 10.3 Å². The summed E-state index contributed by atoms with van der Waals surface area (Å²) in [5.74, 6) is -0.729. The molecule has 0 spiro atoms. The van der Waals surface area contributed by atoms with Crippen molar-refractivity contribution >= 4 is 34.2 Å². The first-order chi connectivity index (χ1) is 12.6. The summed E-state index contributed by atoms with van der Waals surface area (Å²) in [6.45, 7) is 0. The van der Waals surface area contributed by atoms with Crippen LogP contribution in [-0.2, 0) is 20.7 Å². The molecule has 6 nitrogen and oxygen atoms in total. The molecule has 1 N–H and O–H groups in total. The van der Waals surface area contributed by atoms with Gasteiger partial charge in [0, 0.05) is 16.8 Å². The van der Waals surface area contributed by atoms with Crippen LogP contribution in [-0.4, -0.2) is 31.1 Å². The predicted octanol–water partition coefficient (Wildman–Crippen LogP) is 3.48. The van der Waals surface area contributed by atoms with Crippen LogP contribution in [0.25, 0.3) is 10.9 Å². The number of carbonyl (C=O) groups is 2. The molecule has 3 aromatic rings. The molecule has 0 aliphatic heterocycles. The van der Waals surface area contributed by atoms with Gasteiger partial charge in [-0.25, -0.2) is 4.79 Å². The van der Waals surface area contributed by atoms with Gasteiger partial charge in [0.1, 0.15) is 0 Å². The lowest BCUT2D eigenvalue weighted by Crippen LogP contribution is -2.07. The van der Waals surface area contributed by atoms with Crippen LogP contribution in [0.3, 0.4) is 0 Å². The molecule has 0 bridgehead atoms. The molecule has 1 aromatic heterocycles. The average molecular weight is 350 g/mol. The predicted molar refractivity (Wildman–Crippen MR) is 98.5 cm³/mol. The van der Waals surface area contributed by atoms with Crippen LogP contribution in [0.15, 0.2) is 54.6 Å². The second-order valence-electron chi connectivity index (χ2n) is 5.63. The van der Waals surface area contributed by atoms with Gasteiger partial charge in [-0.1, -0.05) is 18.2 Å². The molecule has 6 heteroatoms.